The Labute approximate surface area is 204 Å². The lowest BCUT2D eigenvalue weighted by Gasteiger charge is -2.38. The molecule has 3 atom stereocenters. The van der Waals surface area contributed by atoms with Gasteiger partial charge in [0.2, 0.25) is 10.0 Å². The molecule has 13 heteroatoms. The molecule has 34 heavy (non-hydrogen) atoms. The molecule has 1 aromatic heterocycles. The van der Waals surface area contributed by atoms with Crippen molar-refractivity contribution in [2.45, 2.75) is 30.2 Å². The lowest BCUT2D eigenvalue weighted by molar-refractivity contribution is 0.0387. The van der Waals surface area contributed by atoms with Crippen molar-refractivity contribution in [2.75, 3.05) is 37.7 Å². The standard InChI is InChI=1S/C21H29N3O7S3/c1-14-11-24(15(2)13-25)21(26)17-10-16(22-34(29,30)20-6-5-9-32-20)7-8-18(17)31-19(14)12-23(3)33(4,27)28/h5-10,14-15,19,22,25H,11-13H2,1-4H3/t14-,15+,19-/m0/s1. The summed E-state index contributed by atoms with van der Waals surface area (Å²) in [6.45, 7) is 3.55. The molecule has 1 amide bonds. The third-order valence-corrected chi connectivity index (χ3v) is 9.74. The van der Waals surface area contributed by atoms with Crippen molar-refractivity contribution in [3.05, 3.63) is 41.3 Å². The molecule has 1 aromatic carbocycles. The Hall–Kier alpha value is -2.19. The Bertz CT molecular complexity index is 1230. The number of amides is 1. The van der Waals surface area contributed by atoms with Gasteiger partial charge >= 0.3 is 0 Å². The lowest BCUT2D eigenvalue weighted by Crippen LogP contribution is -2.50. The van der Waals surface area contributed by atoms with Crippen LogP contribution in [-0.2, 0) is 20.0 Å². The second kappa shape index (κ2) is 10.2. The first-order chi connectivity index (χ1) is 15.8. The van der Waals surface area contributed by atoms with E-state index in [2.05, 4.69) is 4.72 Å². The van der Waals surface area contributed by atoms with Gasteiger partial charge in [0.05, 0.1) is 31.0 Å². The van der Waals surface area contributed by atoms with Gasteiger partial charge in [-0.1, -0.05) is 13.0 Å². The third-order valence-electron chi connectivity index (χ3n) is 5.68. The summed E-state index contributed by atoms with van der Waals surface area (Å²) >= 11 is 1.07. The summed E-state index contributed by atoms with van der Waals surface area (Å²) < 4.78 is 59.1. The number of thiophene rings is 1. The summed E-state index contributed by atoms with van der Waals surface area (Å²) in [6, 6.07) is 6.96. The molecule has 2 aromatic rings. The number of ether oxygens (including phenoxy) is 1. The van der Waals surface area contributed by atoms with Crippen LogP contribution in [0.5, 0.6) is 5.75 Å². The maximum absolute atomic E-state index is 13.4. The number of anilines is 1. The van der Waals surface area contributed by atoms with Crippen molar-refractivity contribution in [3.8, 4) is 5.75 Å². The molecule has 3 rings (SSSR count). The molecule has 0 unspecified atom stereocenters. The van der Waals surface area contributed by atoms with Crippen molar-refractivity contribution in [2.24, 2.45) is 5.92 Å². The Kier molecular flexibility index (Phi) is 7.92. The molecule has 2 N–H and O–H groups in total. The number of hydrogen-bond donors (Lipinski definition) is 2. The normalized spacial score (nSPS) is 20.3. The van der Waals surface area contributed by atoms with E-state index in [1.807, 2.05) is 6.92 Å². The van der Waals surface area contributed by atoms with Crippen LogP contribution in [0.2, 0.25) is 0 Å². The molecule has 0 fully saturated rings. The first-order valence-corrected chi connectivity index (χ1v) is 14.7. The van der Waals surface area contributed by atoms with Gasteiger partial charge in [0.25, 0.3) is 15.9 Å². The largest absolute Gasteiger partial charge is 0.488 e. The van der Waals surface area contributed by atoms with Crippen LogP contribution in [0.4, 0.5) is 5.69 Å². The predicted octanol–water partition coefficient (Wildman–Crippen LogP) is 1.66. The molecule has 0 saturated carbocycles. The van der Waals surface area contributed by atoms with Crippen LogP contribution in [0.3, 0.4) is 0 Å². The van der Waals surface area contributed by atoms with Gasteiger partial charge in [0, 0.05) is 25.2 Å². The van der Waals surface area contributed by atoms with E-state index < -0.39 is 38.1 Å². The average molecular weight is 532 g/mol. The van der Waals surface area contributed by atoms with E-state index in [4.69, 9.17) is 4.74 Å². The second-order valence-corrected chi connectivity index (χ2v) is 13.4. The lowest BCUT2D eigenvalue weighted by atomic mass is 9.99. The summed E-state index contributed by atoms with van der Waals surface area (Å²) in [5.74, 6) is -0.472. The SMILES string of the molecule is C[C@H](CO)N1C[C@H](C)[C@H](CN(C)S(C)(=O)=O)Oc2ccc(NS(=O)(=O)c3cccs3)cc2C1=O. The fourth-order valence-electron chi connectivity index (χ4n) is 3.51. The summed E-state index contributed by atoms with van der Waals surface area (Å²) in [4.78, 5) is 14.9. The first kappa shape index (κ1) is 26.4. The zero-order valence-corrected chi connectivity index (χ0v) is 21.8. The van der Waals surface area contributed by atoms with Crippen molar-refractivity contribution < 1.29 is 31.5 Å². The Morgan fingerprint density at radius 1 is 1.29 bits per heavy atom. The van der Waals surface area contributed by atoms with E-state index in [0.717, 1.165) is 17.6 Å². The molecular weight excluding hydrogens is 502 g/mol. The van der Waals surface area contributed by atoms with Crippen LogP contribution >= 0.6 is 11.3 Å². The monoisotopic (exact) mass is 531 g/mol. The number of nitrogens with zero attached hydrogens (tertiary/aromatic N) is 2. The number of fused-ring (bicyclic) bond motifs is 1. The number of likely N-dealkylation sites (N-methyl/N-ethyl adjacent to an activating group) is 1. The molecule has 0 bridgehead atoms. The van der Waals surface area contributed by atoms with E-state index in [1.165, 1.54) is 40.5 Å². The number of carbonyl (C=O) groups is 1. The van der Waals surface area contributed by atoms with Crippen LogP contribution in [0, 0.1) is 5.92 Å². The molecule has 0 spiro atoms. The fourth-order valence-corrected chi connectivity index (χ4v) is 5.97. The Morgan fingerprint density at radius 3 is 2.59 bits per heavy atom. The van der Waals surface area contributed by atoms with Gasteiger partial charge in [-0.25, -0.2) is 21.1 Å². The highest BCUT2D eigenvalue weighted by atomic mass is 32.2. The smallest absolute Gasteiger partial charge is 0.271 e. The van der Waals surface area contributed by atoms with Crippen LogP contribution in [-0.4, -0.2) is 82.2 Å². The Balaban J connectivity index is 2.01. The van der Waals surface area contributed by atoms with E-state index >= 15 is 0 Å². The molecule has 0 radical (unpaired) electrons. The number of rotatable bonds is 8. The number of nitrogens with one attached hydrogen (secondary N) is 1. The minimum absolute atomic E-state index is 0.0573. The number of sulfonamides is 2. The molecule has 0 saturated heterocycles. The quantitative estimate of drug-likeness (QED) is 0.529. The summed E-state index contributed by atoms with van der Waals surface area (Å²) in [7, 11) is -5.84. The van der Waals surface area contributed by atoms with Gasteiger partial charge in [-0.15, -0.1) is 11.3 Å². The van der Waals surface area contributed by atoms with E-state index in [1.54, 1.807) is 18.4 Å². The highest BCUT2D eigenvalue weighted by Gasteiger charge is 2.34. The van der Waals surface area contributed by atoms with E-state index in [9.17, 15) is 26.7 Å². The van der Waals surface area contributed by atoms with Crippen molar-refractivity contribution >= 4 is 43.0 Å². The van der Waals surface area contributed by atoms with Gasteiger partial charge < -0.3 is 14.7 Å². The number of aliphatic hydroxyl groups is 1. The molecule has 0 aliphatic carbocycles. The van der Waals surface area contributed by atoms with Gasteiger partial charge in [-0.2, -0.15) is 0 Å². The number of benzene rings is 1. The predicted molar refractivity (Wildman–Crippen MR) is 130 cm³/mol. The molecule has 2 heterocycles. The number of carbonyl (C=O) groups excluding carboxylic acids is 1. The Morgan fingerprint density at radius 2 is 2.00 bits per heavy atom. The molecular formula is C21H29N3O7S3. The third kappa shape index (κ3) is 5.89. The van der Waals surface area contributed by atoms with E-state index in [-0.39, 0.29) is 46.8 Å². The fraction of sp³-hybridized carbons (Fsp3) is 0.476. The van der Waals surface area contributed by atoms with Gasteiger partial charge in [-0.3, -0.25) is 9.52 Å². The molecule has 10 nitrogen and oxygen atoms in total. The molecule has 1 aliphatic rings. The molecule has 188 valence electrons. The van der Waals surface area contributed by atoms with Crippen LogP contribution in [0.1, 0.15) is 24.2 Å². The second-order valence-electron chi connectivity index (χ2n) is 8.41. The van der Waals surface area contributed by atoms with Crippen molar-refractivity contribution in [3.63, 3.8) is 0 Å². The topological polar surface area (TPSA) is 133 Å². The summed E-state index contributed by atoms with van der Waals surface area (Å²) in [5, 5.41) is 11.4. The minimum Gasteiger partial charge on any atom is -0.488 e. The highest BCUT2D eigenvalue weighted by Crippen LogP contribution is 2.31. The van der Waals surface area contributed by atoms with Crippen molar-refractivity contribution in [1.29, 1.82) is 0 Å². The van der Waals surface area contributed by atoms with Crippen LogP contribution in [0.15, 0.2) is 39.9 Å². The number of hydrogen-bond acceptors (Lipinski definition) is 8. The van der Waals surface area contributed by atoms with Crippen molar-refractivity contribution in [1.82, 2.24) is 9.21 Å². The first-order valence-electron chi connectivity index (χ1n) is 10.5. The van der Waals surface area contributed by atoms with Gasteiger partial charge in [0.15, 0.2) is 0 Å². The number of aliphatic hydroxyl groups excluding tert-OH is 1. The zero-order chi connectivity index (χ0) is 25.3. The zero-order valence-electron chi connectivity index (χ0n) is 19.3. The summed E-state index contributed by atoms with van der Waals surface area (Å²) in [5.41, 5.74) is 0.296. The minimum atomic E-state index is -3.83. The van der Waals surface area contributed by atoms with E-state index in [0.29, 0.717) is 0 Å². The maximum atomic E-state index is 13.4. The van der Waals surface area contributed by atoms with Gasteiger partial charge in [0.1, 0.15) is 16.1 Å². The van der Waals surface area contributed by atoms with Crippen LogP contribution in [0.25, 0.3) is 0 Å². The highest BCUT2D eigenvalue weighted by molar-refractivity contribution is 7.94. The summed E-state index contributed by atoms with van der Waals surface area (Å²) in [6.07, 6.45) is 0.512. The molecule has 1 aliphatic heterocycles. The average Bonchev–Trinajstić information content (AvgIpc) is 3.31. The van der Waals surface area contributed by atoms with Gasteiger partial charge in [-0.05, 0) is 36.6 Å². The van der Waals surface area contributed by atoms with Crippen LogP contribution < -0.4 is 9.46 Å². The maximum Gasteiger partial charge on any atom is 0.271 e.